The number of fused-ring (bicyclic) bond motifs is 1. The standard InChI is InChI=1S/C29H18ClN5O3/c30-26-16-23(35(37)38)13-14-27(26)32-29(36)20(17-31)15-21-18-34(22-9-2-1-3-10-22)33-28(21)25-12-6-8-19-7-4-5-11-24(19)25/h1-16,18H,(H,32,36)/b20-15+. The third kappa shape index (κ3) is 4.87. The molecule has 0 aliphatic carbocycles. The second kappa shape index (κ2) is 10.4. The number of carbonyl (C=O) groups excluding carboxylic acids is 1. The van der Waals surface area contributed by atoms with Crippen molar-refractivity contribution in [3.8, 4) is 23.0 Å². The highest BCUT2D eigenvalue weighted by atomic mass is 35.5. The van der Waals surface area contributed by atoms with Crippen LogP contribution in [0, 0.1) is 21.4 Å². The third-order valence-corrected chi connectivity index (χ3v) is 6.20. The molecular formula is C29H18ClN5O3. The lowest BCUT2D eigenvalue weighted by Crippen LogP contribution is -2.13. The molecule has 1 N–H and O–H groups in total. The molecule has 0 spiro atoms. The second-order valence-corrected chi connectivity index (χ2v) is 8.69. The number of amides is 1. The van der Waals surface area contributed by atoms with Crippen molar-refractivity contribution in [2.75, 3.05) is 5.32 Å². The molecule has 0 radical (unpaired) electrons. The highest BCUT2D eigenvalue weighted by Gasteiger charge is 2.18. The van der Waals surface area contributed by atoms with Crippen LogP contribution in [-0.2, 0) is 4.79 Å². The van der Waals surface area contributed by atoms with Gasteiger partial charge in [-0.3, -0.25) is 14.9 Å². The Morgan fingerprint density at radius 1 is 1.03 bits per heavy atom. The van der Waals surface area contributed by atoms with Crippen molar-refractivity contribution >= 4 is 45.7 Å². The molecule has 0 unspecified atom stereocenters. The van der Waals surface area contributed by atoms with E-state index in [0.717, 1.165) is 28.1 Å². The van der Waals surface area contributed by atoms with E-state index in [9.17, 15) is 20.2 Å². The van der Waals surface area contributed by atoms with Crippen LogP contribution in [0.1, 0.15) is 5.56 Å². The molecule has 0 atom stereocenters. The van der Waals surface area contributed by atoms with E-state index in [1.807, 2.05) is 78.9 Å². The number of hydrogen-bond donors (Lipinski definition) is 1. The minimum Gasteiger partial charge on any atom is -0.320 e. The van der Waals surface area contributed by atoms with Gasteiger partial charge in [-0.15, -0.1) is 0 Å². The number of para-hydroxylation sites is 1. The minimum absolute atomic E-state index is 0.0156. The van der Waals surface area contributed by atoms with Gasteiger partial charge in [0.05, 0.1) is 21.3 Å². The lowest BCUT2D eigenvalue weighted by molar-refractivity contribution is -0.384. The first-order valence-corrected chi connectivity index (χ1v) is 11.8. The van der Waals surface area contributed by atoms with Crippen molar-refractivity contribution < 1.29 is 9.72 Å². The van der Waals surface area contributed by atoms with Gasteiger partial charge in [0.15, 0.2) is 0 Å². The number of benzene rings is 4. The summed E-state index contributed by atoms with van der Waals surface area (Å²) < 4.78 is 1.70. The van der Waals surface area contributed by atoms with E-state index in [-0.39, 0.29) is 22.0 Å². The summed E-state index contributed by atoms with van der Waals surface area (Å²) >= 11 is 6.12. The highest BCUT2D eigenvalue weighted by Crippen LogP contribution is 2.32. The van der Waals surface area contributed by atoms with Crippen LogP contribution in [0.25, 0.3) is 33.8 Å². The summed E-state index contributed by atoms with van der Waals surface area (Å²) in [7, 11) is 0. The van der Waals surface area contributed by atoms with E-state index in [1.54, 1.807) is 10.9 Å². The average molecular weight is 520 g/mol. The summed E-state index contributed by atoms with van der Waals surface area (Å²) in [4.78, 5) is 23.4. The molecule has 1 heterocycles. The van der Waals surface area contributed by atoms with E-state index in [1.165, 1.54) is 18.2 Å². The summed E-state index contributed by atoms with van der Waals surface area (Å²) in [5, 5.41) is 30.2. The monoisotopic (exact) mass is 519 g/mol. The third-order valence-electron chi connectivity index (χ3n) is 5.88. The van der Waals surface area contributed by atoms with Crippen molar-refractivity contribution in [2.24, 2.45) is 0 Å². The van der Waals surface area contributed by atoms with Crippen LogP contribution < -0.4 is 5.32 Å². The fraction of sp³-hybridized carbons (Fsp3) is 0. The first-order chi connectivity index (χ1) is 18.4. The lowest BCUT2D eigenvalue weighted by Gasteiger charge is -2.07. The number of nitro groups is 1. The van der Waals surface area contributed by atoms with Gasteiger partial charge < -0.3 is 5.32 Å². The van der Waals surface area contributed by atoms with Crippen molar-refractivity contribution in [2.45, 2.75) is 0 Å². The molecule has 0 saturated carbocycles. The number of nitrogens with one attached hydrogen (secondary N) is 1. The Bertz CT molecular complexity index is 1770. The summed E-state index contributed by atoms with van der Waals surface area (Å²) in [5.41, 5.74) is 2.57. The van der Waals surface area contributed by atoms with Crippen molar-refractivity contribution in [3.05, 3.63) is 123 Å². The van der Waals surface area contributed by atoms with Crippen molar-refractivity contribution in [1.82, 2.24) is 9.78 Å². The molecule has 184 valence electrons. The number of halogens is 1. The van der Waals surface area contributed by atoms with Gasteiger partial charge in [-0.05, 0) is 35.0 Å². The molecule has 8 nitrogen and oxygen atoms in total. The second-order valence-electron chi connectivity index (χ2n) is 8.29. The maximum absolute atomic E-state index is 13.0. The smallest absolute Gasteiger partial charge is 0.271 e. The molecule has 0 bridgehead atoms. The fourth-order valence-electron chi connectivity index (χ4n) is 4.06. The molecule has 1 amide bonds. The zero-order valence-electron chi connectivity index (χ0n) is 19.7. The number of non-ortho nitro benzene ring substituents is 1. The van der Waals surface area contributed by atoms with Gasteiger partial charge in [0.2, 0.25) is 0 Å². The Morgan fingerprint density at radius 3 is 2.50 bits per heavy atom. The van der Waals surface area contributed by atoms with E-state index in [4.69, 9.17) is 16.7 Å². The van der Waals surface area contributed by atoms with Gasteiger partial charge in [-0.25, -0.2) is 4.68 Å². The topological polar surface area (TPSA) is 114 Å². The summed E-state index contributed by atoms with van der Waals surface area (Å²) in [6.07, 6.45) is 3.23. The summed E-state index contributed by atoms with van der Waals surface area (Å²) in [6, 6.07) is 28.9. The molecular weight excluding hydrogens is 502 g/mol. The Labute approximate surface area is 222 Å². The van der Waals surface area contributed by atoms with Gasteiger partial charge in [0.25, 0.3) is 11.6 Å². The summed E-state index contributed by atoms with van der Waals surface area (Å²) in [6.45, 7) is 0. The molecule has 1 aromatic heterocycles. The lowest BCUT2D eigenvalue weighted by atomic mass is 9.99. The van der Waals surface area contributed by atoms with Crippen molar-refractivity contribution in [3.63, 3.8) is 0 Å². The molecule has 0 saturated heterocycles. The molecule has 5 aromatic rings. The predicted octanol–water partition coefficient (Wildman–Crippen LogP) is 6.80. The minimum atomic E-state index is -0.709. The number of nitriles is 1. The zero-order valence-corrected chi connectivity index (χ0v) is 20.5. The van der Waals surface area contributed by atoms with Gasteiger partial charge in [-0.2, -0.15) is 10.4 Å². The normalized spacial score (nSPS) is 11.2. The van der Waals surface area contributed by atoms with Crippen LogP contribution in [0.15, 0.2) is 103 Å². The van der Waals surface area contributed by atoms with Gasteiger partial charge in [0.1, 0.15) is 17.3 Å². The molecule has 0 aliphatic heterocycles. The first-order valence-electron chi connectivity index (χ1n) is 11.4. The Morgan fingerprint density at radius 2 is 1.76 bits per heavy atom. The number of carbonyl (C=O) groups is 1. The highest BCUT2D eigenvalue weighted by molar-refractivity contribution is 6.34. The van der Waals surface area contributed by atoms with Crippen LogP contribution in [0.3, 0.4) is 0 Å². The van der Waals surface area contributed by atoms with Crippen molar-refractivity contribution in [1.29, 1.82) is 5.26 Å². The first kappa shape index (κ1) is 24.4. The van der Waals surface area contributed by atoms with E-state index < -0.39 is 10.8 Å². The Kier molecular flexibility index (Phi) is 6.68. The van der Waals surface area contributed by atoms with Crippen LogP contribution in [0.4, 0.5) is 11.4 Å². The molecule has 38 heavy (non-hydrogen) atoms. The van der Waals surface area contributed by atoms with E-state index >= 15 is 0 Å². The zero-order chi connectivity index (χ0) is 26.6. The molecule has 9 heteroatoms. The summed E-state index contributed by atoms with van der Waals surface area (Å²) in [5.74, 6) is -0.709. The van der Waals surface area contributed by atoms with Crippen LogP contribution in [0.2, 0.25) is 5.02 Å². The number of nitro benzene ring substituents is 1. The number of anilines is 1. The van der Waals surface area contributed by atoms with E-state index in [0.29, 0.717) is 11.3 Å². The number of nitrogens with zero attached hydrogens (tertiary/aromatic N) is 4. The quantitative estimate of drug-likeness (QED) is 0.115. The fourth-order valence-corrected chi connectivity index (χ4v) is 4.28. The van der Waals surface area contributed by atoms with E-state index in [2.05, 4.69) is 5.32 Å². The Balaban J connectivity index is 1.59. The maximum atomic E-state index is 13.0. The largest absolute Gasteiger partial charge is 0.320 e. The number of aromatic nitrogens is 2. The van der Waals surface area contributed by atoms with Crippen LogP contribution >= 0.6 is 11.6 Å². The Hall–Kier alpha value is -5.26. The van der Waals surface area contributed by atoms with Gasteiger partial charge >= 0.3 is 0 Å². The van der Waals surface area contributed by atoms with Crippen LogP contribution in [-0.4, -0.2) is 20.6 Å². The SMILES string of the molecule is N#C/C(=C\c1cn(-c2ccccc2)nc1-c1cccc2ccccc12)C(=O)Nc1ccc([N+](=O)[O-])cc1Cl. The van der Waals surface area contributed by atoms with Crippen LogP contribution in [0.5, 0.6) is 0 Å². The predicted molar refractivity (Wildman–Crippen MR) is 147 cm³/mol. The molecule has 4 aromatic carbocycles. The molecule has 5 rings (SSSR count). The number of hydrogen-bond acceptors (Lipinski definition) is 5. The number of rotatable bonds is 6. The average Bonchev–Trinajstić information content (AvgIpc) is 3.36. The maximum Gasteiger partial charge on any atom is 0.271 e. The molecule has 0 fully saturated rings. The molecule has 0 aliphatic rings. The van der Waals surface area contributed by atoms with Gasteiger partial charge in [0, 0.05) is 29.5 Å². The van der Waals surface area contributed by atoms with Gasteiger partial charge in [-0.1, -0.05) is 72.3 Å².